The number of methoxy groups -OCH3 is 1. The highest BCUT2D eigenvalue weighted by Crippen LogP contribution is 1.70. The molecular weight excluding hydrogens is 119 g/mol. The molecule has 0 radical (unpaired) electrons. The van der Waals surface area contributed by atoms with Crippen LogP contribution < -0.4 is 0 Å². The summed E-state index contributed by atoms with van der Waals surface area (Å²) >= 11 is 0. The van der Waals surface area contributed by atoms with Gasteiger partial charge in [0, 0.05) is 13.7 Å². The standard InChI is InChI=1S/C4H10O.CH3F.2CH4/c1-3-4-5-2;1-2;;/h3-4H2,1-2H3;1H3;2*1H4. The molecule has 0 aliphatic rings. The van der Waals surface area contributed by atoms with Crippen LogP contribution in [0.2, 0.25) is 0 Å². The van der Waals surface area contributed by atoms with Crippen LogP contribution in [-0.4, -0.2) is 20.9 Å². The Labute approximate surface area is 59.2 Å². The van der Waals surface area contributed by atoms with Crippen molar-refractivity contribution in [1.29, 1.82) is 0 Å². The smallest absolute Gasteiger partial charge is 0.0785 e. The monoisotopic (exact) mass is 140 g/mol. The minimum Gasteiger partial charge on any atom is -0.385 e. The topological polar surface area (TPSA) is 9.23 Å². The van der Waals surface area contributed by atoms with Gasteiger partial charge in [0.25, 0.3) is 0 Å². The van der Waals surface area contributed by atoms with Crippen LogP contribution in [0.4, 0.5) is 4.39 Å². The van der Waals surface area contributed by atoms with Crippen molar-refractivity contribution in [2.45, 2.75) is 28.2 Å². The Kier molecular flexibility index (Phi) is 115. The van der Waals surface area contributed by atoms with Gasteiger partial charge >= 0.3 is 0 Å². The molecule has 0 atom stereocenters. The van der Waals surface area contributed by atoms with Gasteiger partial charge < -0.3 is 4.74 Å². The molecular formula is C7H21FO. The van der Waals surface area contributed by atoms with E-state index in [-0.39, 0.29) is 14.9 Å². The zero-order valence-electron chi connectivity index (χ0n) is 5.20. The lowest BCUT2D eigenvalue weighted by atomic mass is 10.5. The van der Waals surface area contributed by atoms with Gasteiger partial charge in [-0.05, 0) is 6.42 Å². The molecule has 2 heteroatoms. The molecule has 0 saturated carbocycles. The van der Waals surface area contributed by atoms with Crippen molar-refractivity contribution >= 4 is 0 Å². The molecule has 0 fully saturated rings. The van der Waals surface area contributed by atoms with Crippen LogP contribution in [0.3, 0.4) is 0 Å². The zero-order chi connectivity index (χ0) is 6.12. The van der Waals surface area contributed by atoms with Crippen LogP contribution in [-0.2, 0) is 4.74 Å². The van der Waals surface area contributed by atoms with Crippen molar-refractivity contribution in [3.8, 4) is 0 Å². The molecule has 0 N–H and O–H groups in total. The van der Waals surface area contributed by atoms with Crippen molar-refractivity contribution in [3.05, 3.63) is 0 Å². The summed E-state index contributed by atoms with van der Waals surface area (Å²) in [6.45, 7) is 2.98. The van der Waals surface area contributed by atoms with Gasteiger partial charge in [0.05, 0.1) is 7.18 Å². The van der Waals surface area contributed by atoms with Gasteiger partial charge in [-0.3, -0.25) is 4.39 Å². The van der Waals surface area contributed by atoms with Gasteiger partial charge in [-0.25, -0.2) is 0 Å². The molecule has 0 heterocycles. The number of hydrogen-bond acceptors (Lipinski definition) is 1. The predicted molar refractivity (Wildman–Crippen MR) is 42.7 cm³/mol. The van der Waals surface area contributed by atoms with E-state index in [0.717, 1.165) is 13.0 Å². The van der Waals surface area contributed by atoms with Crippen molar-refractivity contribution in [3.63, 3.8) is 0 Å². The Morgan fingerprint density at radius 2 is 1.56 bits per heavy atom. The van der Waals surface area contributed by atoms with E-state index in [1.165, 1.54) is 0 Å². The summed E-state index contributed by atoms with van der Waals surface area (Å²) in [6, 6.07) is 0. The number of rotatable bonds is 2. The number of hydrogen-bond donors (Lipinski definition) is 0. The summed E-state index contributed by atoms with van der Waals surface area (Å²) in [5.41, 5.74) is 0. The van der Waals surface area contributed by atoms with E-state index < -0.39 is 0 Å². The lowest BCUT2D eigenvalue weighted by molar-refractivity contribution is 0.199. The molecule has 0 aromatic carbocycles. The summed E-state index contributed by atoms with van der Waals surface area (Å²) in [6.07, 6.45) is 1.12. The molecule has 1 nitrogen and oxygen atoms in total. The van der Waals surface area contributed by atoms with E-state index in [1.807, 2.05) is 0 Å². The van der Waals surface area contributed by atoms with E-state index in [0.29, 0.717) is 7.18 Å². The van der Waals surface area contributed by atoms with Crippen molar-refractivity contribution in [1.82, 2.24) is 0 Å². The third kappa shape index (κ3) is 76.6. The summed E-state index contributed by atoms with van der Waals surface area (Å²) in [4.78, 5) is 0. The minimum absolute atomic E-state index is 0. The molecule has 0 spiro atoms. The third-order valence-electron chi connectivity index (χ3n) is 0.408. The van der Waals surface area contributed by atoms with Gasteiger partial charge in [0.1, 0.15) is 0 Å². The highest BCUT2D eigenvalue weighted by Gasteiger charge is 1.66. The Morgan fingerprint density at radius 1 is 1.22 bits per heavy atom. The second-order valence-electron chi connectivity index (χ2n) is 0.993. The lowest BCUT2D eigenvalue weighted by Gasteiger charge is -1.84. The van der Waals surface area contributed by atoms with Crippen LogP contribution >= 0.6 is 0 Å². The fraction of sp³-hybridized carbons (Fsp3) is 1.00. The van der Waals surface area contributed by atoms with Crippen LogP contribution in [0.15, 0.2) is 0 Å². The van der Waals surface area contributed by atoms with Gasteiger partial charge in [-0.2, -0.15) is 0 Å². The molecule has 0 amide bonds. The first kappa shape index (κ1) is 23.1. The molecule has 0 saturated heterocycles. The number of ether oxygens (including phenoxy) is 1. The third-order valence-corrected chi connectivity index (χ3v) is 0.408. The van der Waals surface area contributed by atoms with E-state index in [4.69, 9.17) is 4.74 Å². The Bertz CT molecular complexity index is 16.4. The number of alkyl halides is 1. The number of halogens is 1. The maximum absolute atomic E-state index is 9.50. The highest BCUT2D eigenvalue weighted by atomic mass is 19.1. The largest absolute Gasteiger partial charge is 0.385 e. The molecule has 0 rings (SSSR count). The first-order valence-corrected chi connectivity index (χ1v) is 2.28. The van der Waals surface area contributed by atoms with E-state index in [1.54, 1.807) is 7.11 Å². The fourth-order valence-corrected chi connectivity index (χ4v) is 0.204. The Morgan fingerprint density at radius 3 is 1.56 bits per heavy atom. The summed E-state index contributed by atoms with van der Waals surface area (Å²) in [5, 5.41) is 0. The molecule has 0 unspecified atom stereocenters. The van der Waals surface area contributed by atoms with Crippen LogP contribution in [0.25, 0.3) is 0 Å². The van der Waals surface area contributed by atoms with Crippen LogP contribution in [0, 0.1) is 0 Å². The normalized spacial score (nSPS) is 5.33. The molecule has 62 valence electrons. The fourth-order valence-electron chi connectivity index (χ4n) is 0.204. The average Bonchev–Trinajstić information content (AvgIpc) is 1.75. The molecule has 0 aromatic rings. The van der Waals surface area contributed by atoms with E-state index in [2.05, 4.69) is 6.92 Å². The lowest BCUT2D eigenvalue weighted by Crippen LogP contribution is -1.80. The Balaban J connectivity index is -0.0000000286. The van der Waals surface area contributed by atoms with E-state index in [9.17, 15) is 4.39 Å². The zero-order valence-corrected chi connectivity index (χ0v) is 5.20. The summed E-state index contributed by atoms with van der Waals surface area (Å²) in [7, 11) is 2.21. The summed E-state index contributed by atoms with van der Waals surface area (Å²) in [5.74, 6) is 0. The quantitative estimate of drug-likeness (QED) is 0.573. The van der Waals surface area contributed by atoms with Gasteiger partial charge in [0.15, 0.2) is 0 Å². The van der Waals surface area contributed by atoms with Crippen molar-refractivity contribution < 1.29 is 9.13 Å². The SMILES string of the molecule is C.C.CCCOC.CF. The van der Waals surface area contributed by atoms with Crippen molar-refractivity contribution in [2.75, 3.05) is 20.9 Å². The predicted octanol–water partition coefficient (Wildman–Crippen LogP) is 2.90. The van der Waals surface area contributed by atoms with Gasteiger partial charge in [-0.15, -0.1) is 0 Å². The maximum Gasteiger partial charge on any atom is 0.0785 e. The molecule has 0 aliphatic heterocycles. The van der Waals surface area contributed by atoms with Gasteiger partial charge in [-0.1, -0.05) is 21.8 Å². The van der Waals surface area contributed by atoms with E-state index >= 15 is 0 Å². The minimum atomic E-state index is 0. The molecule has 0 bridgehead atoms. The van der Waals surface area contributed by atoms with Crippen LogP contribution in [0.1, 0.15) is 28.2 Å². The van der Waals surface area contributed by atoms with Crippen molar-refractivity contribution in [2.24, 2.45) is 0 Å². The Hall–Kier alpha value is -0.110. The highest BCUT2D eigenvalue weighted by molar-refractivity contribution is 4.15. The second-order valence-corrected chi connectivity index (χ2v) is 0.993. The molecule has 9 heavy (non-hydrogen) atoms. The van der Waals surface area contributed by atoms with Gasteiger partial charge in [0.2, 0.25) is 0 Å². The molecule has 0 aliphatic carbocycles. The van der Waals surface area contributed by atoms with Crippen LogP contribution in [0.5, 0.6) is 0 Å². The maximum atomic E-state index is 9.50. The molecule has 0 aromatic heterocycles. The first-order valence-electron chi connectivity index (χ1n) is 2.28. The average molecular weight is 140 g/mol. The summed E-state index contributed by atoms with van der Waals surface area (Å²) < 4.78 is 14.2. The second kappa shape index (κ2) is 44.8. The first-order chi connectivity index (χ1) is 3.41.